The first-order valence-corrected chi connectivity index (χ1v) is 25.3. The molecule has 358 valence electrons. The largest absolute Gasteiger partial charge is 0.544 e. The van der Waals surface area contributed by atoms with E-state index in [1.165, 1.54) is 103 Å². The summed E-state index contributed by atoms with van der Waals surface area (Å²) in [5.41, 5.74) is 0. The molecule has 0 N–H and O–H groups in total. The van der Waals surface area contributed by atoms with E-state index in [2.05, 4.69) is 74.6 Å². The second-order valence-electron chi connectivity index (χ2n) is 18.0. The fraction of sp³-hybridized carbons (Fsp3) is 0.759. The summed E-state index contributed by atoms with van der Waals surface area (Å²) in [6.07, 6.45) is 55.3. The molecule has 8 heteroatoms. The predicted molar refractivity (Wildman–Crippen MR) is 259 cm³/mol. The van der Waals surface area contributed by atoms with Crippen molar-refractivity contribution in [3.05, 3.63) is 60.8 Å². The number of allylic oxidation sites excluding steroid dienone is 10. The first-order valence-electron chi connectivity index (χ1n) is 25.3. The second-order valence-corrected chi connectivity index (χ2v) is 18.0. The van der Waals surface area contributed by atoms with Crippen LogP contribution in [0.15, 0.2) is 60.8 Å². The van der Waals surface area contributed by atoms with E-state index in [-0.39, 0.29) is 42.7 Å². The fourth-order valence-electron chi connectivity index (χ4n) is 7.23. The Balaban J connectivity index is 4.29. The number of ether oxygens (including phenoxy) is 3. The molecule has 0 aromatic heterocycles. The van der Waals surface area contributed by atoms with E-state index < -0.39 is 18.1 Å². The van der Waals surface area contributed by atoms with Crippen LogP contribution < -0.4 is 5.11 Å². The fourth-order valence-corrected chi connectivity index (χ4v) is 7.23. The Hall–Kier alpha value is -2.97. The maximum Gasteiger partial charge on any atom is 0.306 e. The molecule has 0 aliphatic rings. The van der Waals surface area contributed by atoms with Crippen LogP contribution >= 0.6 is 0 Å². The monoisotopic (exact) mass is 870 g/mol. The molecule has 0 heterocycles. The number of rotatable bonds is 45. The van der Waals surface area contributed by atoms with Crippen LogP contribution in [0.3, 0.4) is 0 Å². The van der Waals surface area contributed by atoms with Crippen LogP contribution in [-0.2, 0) is 28.6 Å². The Kier molecular flexibility index (Phi) is 42.5. The minimum absolute atomic E-state index is 0.0320. The van der Waals surface area contributed by atoms with Crippen LogP contribution in [0.1, 0.15) is 213 Å². The lowest BCUT2D eigenvalue weighted by Gasteiger charge is -2.34. The van der Waals surface area contributed by atoms with Gasteiger partial charge in [0.1, 0.15) is 12.6 Å². The Morgan fingerprint density at radius 1 is 0.500 bits per heavy atom. The van der Waals surface area contributed by atoms with Crippen LogP contribution in [0.5, 0.6) is 0 Å². The molecule has 2 unspecified atom stereocenters. The standard InChI is InChI=1S/C54H95NO7/c1-6-8-10-12-14-16-18-20-22-24-26-28-30-32-34-36-38-40-42-44-52(56)61-49-50(48-60-47-46-51(54(58)59)55(3,4)5)62-53(57)45-43-41-39-37-35-33-31-29-27-25-23-21-19-17-15-13-11-9-7-2/h9,11,15,17,21,23-24,26-27,29,50-51H,6-8,10,12-14,16,18-20,22,25,28,30-49H2,1-5H3/b11-9+,17-15+,23-21+,26-24+,29-27+. The molecule has 0 rings (SSSR count). The van der Waals surface area contributed by atoms with Crippen LogP contribution in [-0.4, -0.2) is 75.5 Å². The van der Waals surface area contributed by atoms with Crippen molar-refractivity contribution in [2.45, 2.75) is 225 Å². The highest BCUT2D eigenvalue weighted by Crippen LogP contribution is 2.14. The van der Waals surface area contributed by atoms with Gasteiger partial charge >= 0.3 is 11.9 Å². The van der Waals surface area contributed by atoms with Gasteiger partial charge in [0.2, 0.25) is 0 Å². The zero-order valence-corrected chi connectivity index (χ0v) is 40.8. The average molecular weight is 870 g/mol. The Morgan fingerprint density at radius 2 is 0.903 bits per heavy atom. The molecule has 62 heavy (non-hydrogen) atoms. The van der Waals surface area contributed by atoms with Crippen molar-refractivity contribution >= 4 is 17.9 Å². The number of likely N-dealkylation sites (N-methyl/N-ethyl adjacent to an activating group) is 1. The topological polar surface area (TPSA) is 102 Å². The minimum atomic E-state index is -1.13. The summed E-state index contributed by atoms with van der Waals surface area (Å²) in [4.78, 5) is 37.0. The number of esters is 2. The number of carbonyl (C=O) groups is 3. The molecule has 0 saturated carbocycles. The van der Waals surface area contributed by atoms with E-state index in [1.807, 2.05) is 0 Å². The van der Waals surface area contributed by atoms with Gasteiger partial charge in [-0.25, -0.2) is 0 Å². The molecule has 0 aromatic carbocycles. The van der Waals surface area contributed by atoms with E-state index in [0.29, 0.717) is 12.8 Å². The number of carboxylic acids is 1. The highest BCUT2D eigenvalue weighted by Gasteiger charge is 2.25. The molecule has 0 bridgehead atoms. The number of quaternary nitrogens is 1. The lowest BCUT2D eigenvalue weighted by Crippen LogP contribution is -2.55. The number of hydrogen-bond donors (Lipinski definition) is 0. The SMILES string of the molecule is CC/C=C/C/C=C/C/C=C/C/C=C/CCCCCCCCC(=O)OC(COCCC(C(=O)[O-])[N+](C)(C)C)COC(=O)CCCCCCCCC/C=C/CCCCCCCCCC. The number of nitrogens with zero attached hydrogens (tertiary/aromatic N) is 1. The summed E-state index contributed by atoms with van der Waals surface area (Å²) in [6, 6.07) is -0.732. The molecule has 0 aliphatic carbocycles. The van der Waals surface area contributed by atoms with E-state index in [0.717, 1.165) is 77.0 Å². The molecule has 0 fully saturated rings. The maximum absolute atomic E-state index is 12.8. The summed E-state index contributed by atoms with van der Waals surface area (Å²) in [7, 11) is 5.41. The van der Waals surface area contributed by atoms with Crippen molar-refractivity contribution in [1.82, 2.24) is 0 Å². The van der Waals surface area contributed by atoms with Crippen molar-refractivity contribution in [3.63, 3.8) is 0 Å². The maximum atomic E-state index is 12.8. The Bertz CT molecular complexity index is 1200. The van der Waals surface area contributed by atoms with Gasteiger partial charge in [0.05, 0.1) is 40.3 Å². The summed E-state index contributed by atoms with van der Waals surface area (Å²) in [6.45, 7) is 4.54. The summed E-state index contributed by atoms with van der Waals surface area (Å²) in [5.74, 6) is -1.76. The Morgan fingerprint density at radius 3 is 1.35 bits per heavy atom. The normalized spacial score (nSPS) is 13.4. The third kappa shape index (κ3) is 42.3. The minimum Gasteiger partial charge on any atom is -0.544 e. The highest BCUT2D eigenvalue weighted by molar-refractivity contribution is 5.70. The van der Waals surface area contributed by atoms with E-state index >= 15 is 0 Å². The molecular formula is C54H95NO7. The van der Waals surface area contributed by atoms with Crippen LogP contribution in [0.2, 0.25) is 0 Å². The van der Waals surface area contributed by atoms with E-state index in [4.69, 9.17) is 14.2 Å². The van der Waals surface area contributed by atoms with Crippen molar-refractivity contribution < 1.29 is 38.2 Å². The van der Waals surface area contributed by atoms with Gasteiger partial charge in [-0.15, -0.1) is 0 Å². The lowest BCUT2D eigenvalue weighted by molar-refractivity contribution is -0.889. The zero-order valence-electron chi connectivity index (χ0n) is 40.8. The first kappa shape index (κ1) is 59.0. The van der Waals surface area contributed by atoms with Gasteiger partial charge in [0.15, 0.2) is 6.10 Å². The lowest BCUT2D eigenvalue weighted by atomic mass is 10.1. The zero-order chi connectivity index (χ0) is 45.6. The number of carbonyl (C=O) groups excluding carboxylic acids is 3. The number of unbranched alkanes of at least 4 members (excludes halogenated alkanes) is 21. The molecular weight excluding hydrogens is 775 g/mol. The van der Waals surface area contributed by atoms with Crippen LogP contribution in [0, 0.1) is 0 Å². The molecule has 0 aliphatic heterocycles. The van der Waals surface area contributed by atoms with E-state index in [1.54, 1.807) is 21.1 Å². The van der Waals surface area contributed by atoms with Crippen LogP contribution in [0.25, 0.3) is 0 Å². The van der Waals surface area contributed by atoms with Gasteiger partial charge in [0.25, 0.3) is 0 Å². The van der Waals surface area contributed by atoms with Gasteiger partial charge in [-0.2, -0.15) is 0 Å². The third-order valence-electron chi connectivity index (χ3n) is 11.1. The third-order valence-corrected chi connectivity index (χ3v) is 11.1. The van der Waals surface area contributed by atoms with Gasteiger partial charge < -0.3 is 28.6 Å². The van der Waals surface area contributed by atoms with Gasteiger partial charge in [-0.1, -0.05) is 177 Å². The molecule has 0 aromatic rings. The van der Waals surface area contributed by atoms with Crippen molar-refractivity contribution in [1.29, 1.82) is 0 Å². The number of hydrogen-bond acceptors (Lipinski definition) is 7. The smallest absolute Gasteiger partial charge is 0.306 e. The van der Waals surface area contributed by atoms with Crippen molar-refractivity contribution in [2.75, 3.05) is 41.0 Å². The molecule has 8 nitrogen and oxygen atoms in total. The van der Waals surface area contributed by atoms with Crippen molar-refractivity contribution in [3.8, 4) is 0 Å². The molecule has 0 spiro atoms. The quantitative estimate of drug-likeness (QED) is 0.0260. The summed E-state index contributed by atoms with van der Waals surface area (Å²) in [5, 5.41) is 11.7. The van der Waals surface area contributed by atoms with Gasteiger partial charge in [-0.3, -0.25) is 9.59 Å². The predicted octanol–water partition coefficient (Wildman–Crippen LogP) is 13.2. The second kappa shape index (κ2) is 44.6. The number of carboxylic acid groups (broad SMARTS) is 1. The average Bonchev–Trinajstić information content (AvgIpc) is 3.23. The first-order chi connectivity index (χ1) is 30.1. The van der Waals surface area contributed by atoms with Crippen LogP contribution in [0.4, 0.5) is 0 Å². The van der Waals surface area contributed by atoms with Gasteiger partial charge in [0, 0.05) is 19.3 Å². The van der Waals surface area contributed by atoms with E-state index in [9.17, 15) is 19.5 Å². The highest BCUT2D eigenvalue weighted by atomic mass is 16.6. The Labute approximate surface area is 381 Å². The molecule has 0 saturated heterocycles. The van der Waals surface area contributed by atoms with Crippen molar-refractivity contribution in [2.24, 2.45) is 0 Å². The van der Waals surface area contributed by atoms with Gasteiger partial charge in [-0.05, 0) is 77.0 Å². The number of aliphatic carboxylic acids is 1. The summed E-state index contributed by atoms with van der Waals surface area (Å²) < 4.78 is 17.2. The summed E-state index contributed by atoms with van der Waals surface area (Å²) >= 11 is 0. The molecule has 0 radical (unpaired) electrons. The molecule has 0 amide bonds. The molecule has 2 atom stereocenters.